The van der Waals surface area contributed by atoms with Crippen molar-refractivity contribution >= 4 is 29.7 Å². The van der Waals surface area contributed by atoms with Crippen molar-refractivity contribution in [2.45, 2.75) is 30.3 Å². The van der Waals surface area contributed by atoms with E-state index in [9.17, 15) is 9.59 Å². The number of hydrogen-bond acceptors (Lipinski definition) is 6. The Kier molecular flexibility index (Phi) is 7.08. The van der Waals surface area contributed by atoms with Crippen LogP contribution in [0.5, 0.6) is 0 Å². The third-order valence-corrected chi connectivity index (χ3v) is 6.25. The fraction of sp³-hybridized carbons (Fsp3) is 0.261. The van der Waals surface area contributed by atoms with Gasteiger partial charge < -0.3 is 20.9 Å². The number of nitrogens with one attached hydrogen (secondary N) is 3. The maximum atomic E-state index is 12.5. The third-order valence-electron chi connectivity index (χ3n) is 5.29. The Bertz CT molecular complexity index is 1050. The summed E-state index contributed by atoms with van der Waals surface area (Å²) in [6.45, 7) is 1.06. The van der Waals surface area contributed by atoms with Gasteiger partial charge in [0.05, 0.1) is 18.4 Å². The minimum Gasteiger partial charge on any atom is -0.369 e. The summed E-state index contributed by atoms with van der Waals surface area (Å²) in [5.41, 5.74) is 8.40. The van der Waals surface area contributed by atoms with E-state index in [1.54, 1.807) is 11.1 Å². The second-order valence-electron chi connectivity index (χ2n) is 7.69. The molecule has 2 aromatic carbocycles. The van der Waals surface area contributed by atoms with Gasteiger partial charge in [-0.2, -0.15) is 0 Å². The predicted octanol–water partition coefficient (Wildman–Crippen LogP) is 2.56. The molecular formula is C23H26N6O2S. The molecule has 1 atom stereocenters. The van der Waals surface area contributed by atoms with Gasteiger partial charge in [0.2, 0.25) is 11.8 Å². The van der Waals surface area contributed by atoms with Crippen molar-refractivity contribution < 1.29 is 9.59 Å². The fourth-order valence-corrected chi connectivity index (χ4v) is 4.30. The van der Waals surface area contributed by atoms with Gasteiger partial charge in [-0.15, -0.1) is 0 Å². The van der Waals surface area contributed by atoms with Crippen LogP contribution in [-0.2, 0) is 16.1 Å². The van der Waals surface area contributed by atoms with E-state index in [2.05, 4.69) is 20.0 Å². The molecular weight excluding hydrogens is 424 g/mol. The molecule has 5 N–H and O–H groups in total. The molecule has 2 amide bonds. The van der Waals surface area contributed by atoms with Crippen LogP contribution < -0.4 is 15.8 Å². The van der Waals surface area contributed by atoms with Crippen LogP contribution in [0.15, 0.2) is 65.7 Å². The Hall–Kier alpha value is -3.30. The number of H-pyrrole nitrogens is 1. The number of hydrogen-bond donors (Lipinski definition) is 4. The van der Waals surface area contributed by atoms with Gasteiger partial charge in [-0.25, -0.2) is 4.98 Å². The normalized spacial score (nSPS) is 16.2. The van der Waals surface area contributed by atoms with E-state index in [1.165, 1.54) is 11.9 Å². The van der Waals surface area contributed by atoms with Gasteiger partial charge in [-0.1, -0.05) is 42.5 Å². The summed E-state index contributed by atoms with van der Waals surface area (Å²) in [7, 11) is 0. The number of imidazole rings is 1. The Balaban J connectivity index is 1.19. The SMILES string of the molecule is Nc1ncc(-c2ccc(CNC(=O)CN3CCC(NSc4ccccc4)CC3=O)cc2)[nH]1. The number of rotatable bonds is 8. The Morgan fingerprint density at radius 2 is 1.97 bits per heavy atom. The molecule has 1 unspecified atom stereocenters. The van der Waals surface area contributed by atoms with E-state index in [0.717, 1.165) is 28.1 Å². The van der Waals surface area contributed by atoms with Gasteiger partial charge in [0.1, 0.15) is 0 Å². The zero-order valence-corrected chi connectivity index (χ0v) is 18.4. The lowest BCUT2D eigenvalue weighted by Gasteiger charge is -2.31. The van der Waals surface area contributed by atoms with Crippen LogP contribution in [0.25, 0.3) is 11.3 Å². The van der Waals surface area contributed by atoms with E-state index in [-0.39, 0.29) is 24.4 Å². The highest BCUT2D eigenvalue weighted by molar-refractivity contribution is 7.97. The Morgan fingerprint density at radius 1 is 1.19 bits per heavy atom. The van der Waals surface area contributed by atoms with Crippen molar-refractivity contribution in [2.24, 2.45) is 0 Å². The number of carbonyl (C=O) groups excluding carboxylic acids is 2. The highest BCUT2D eigenvalue weighted by Gasteiger charge is 2.27. The summed E-state index contributed by atoms with van der Waals surface area (Å²) in [6.07, 6.45) is 2.90. The predicted molar refractivity (Wildman–Crippen MR) is 125 cm³/mol. The monoisotopic (exact) mass is 450 g/mol. The summed E-state index contributed by atoms with van der Waals surface area (Å²) in [6, 6.07) is 17.9. The maximum Gasteiger partial charge on any atom is 0.239 e. The number of nitrogens with two attached hydrogens (primary N) is 1. The minimum absolute atomic E-state index is 0.000690. The van der Waals surface area contributed by atoms with E-state index >= 15 is 0 Å². The number of carbonyl (C=O) groups is 2. The summed E-state index contributed by atoms with van der Waals surface area (Å²) < 4.78 is 3.36. The second-order valence-corrected chi connectivity index (χ2v) is 8.60. The number of nitrogen functional groups attached to an aromatic ring is 1. The molecule has 0 aliphatic carbocycles. The van der Waals surface area contributed by atoms with Gasteiger partial charge in [0.15, 0.2) is 5.95 Å². The molecule has 0 saturated carbocycles. The minimum atomic E-state index is -0.158. The Labute approximate surface area is 191 Å². The van der Waals surface area contributed by atoms with Gasteiger partial charge in [-0.3, -0.25) is 14.3 Å². The Morgan fingerprint density at radius 3 is 2.66 bits per heavy atom. The molecule has 1 saturated heterocycles. The zero-order valence-electron chi connectivity index (χ0n) is 17.6. The zero-order chi connectivity index (χ0) is 22.3. The molecule has 0 radical (unpaired) electrons. The highest BCUT2D eigenvalue weighted by atomic mass is 32.2. The fourth-order valence-electron chi connectivity index (χ4n) is 3.50. The van der Waals surface area contributed by atoms with E-state index < -0.39 is 0 Å². The van der Waals surface area contributed by atoms with Gasteiger partial charge >= 0.3 is 0 Å². The molecule has 1 aromatic heterocycles. The molecule has 4 rings (SSSR count). The lowest BCUT2D eigenvalue weighted by molar-refractivity contribution is -0.138. The average molecular weight is 451 g/mol. The first-order chi connectivity index (χ1) is 15.6. The first-order valence-electron chi connectivity index (χ1n) is 10.5. The van der Waals surface area contributed by atoms with Crippen LogP contribution in [-0.4, -0.2) is 45.8 Å². The van der Waals surface area contributed by atoms with E-state index in [1.807, 2.05) is 54.6 Å². The van der Waals surface area contributed by atoms with Crippen LogP contribution in [0.4, 0.5) is 5.95 Å². The van der Waals surface area contributed by atoms with Crippen LogP contribution in [0, 0.1) is 0 Å². The van der Waals surface area contributed by atoms with Crippen molar-refractivity contribution in [3.05, 3.63) is 66.4 Å². The molecule has 0 bridgehead atoms. The largest absolute Gasteiger partial charge is 0.369 e. The van der Waals surface area contributed by atoms with Crippen LogP contribution in [0.3, 0.4) is 0 Å². The second kappa shape index (κ2) is 10.3. The van der Waals surface area contributed by atoms with Crippen LogP contribution in [0.2, 0.25) is 0 Å². The number of amides is 2. The molecule has 0 spiro atoms. The molecule has 1 aliphatic rings. The van der Waals surface area contributed by atoms with Crippen molar-refractivity contribution in [3.63, 3.8) is 0 Å². The average Bonchev–Trinajstić information content (AvgIpc) is 3.25. The van der Waals surface area contributed by atoms with Gasteiger partial charge in [0, 0.05) is 30.4 Å². The molecule has 32 heavy (non-hydrogen) atoms. The number of likely N-dealkylation sites (tertiary alicyclic amines) is 1. The van der Waals surface area contributed by atoms with Gasteiger partial charge in [0.25, 0.3) is 0 Å². The standard InChI is InChI=1S/C23H26N6O2S/c24-23-26-14-20(27-23)17-8-6-16(7-9-17)13-25-21(30)15-29-11-10-18(12-22(29)31)28-32-19-4-2-1-3-5-19/h1-9,14,18,28H,10-13,15H2,(H,25,30)(H3,24,26,27). The smallest absolute Gasteiger partial charge is 0.239 e. The molecule has 3 aromatic rings. The molecule has 9 heteroatoms. The summed E-state index contributed by atoms with van der Waals surface area (Å²) >= 11 is 1.54. The van der Waals surface area contributed by atoms with E-state index in [4.69, 9.17) is 5.73 Å². The highest BCUT2D eigenvalue weighted by Crippen LogP contribution is 2.20. The molecule has 8 nitrogen and oxygen atoms in total. The molecule has 2 heterocycles. The molecule has 1 fully saturated rings. The van der Waals surface area contributed by atoms with Crippen molar-refractivity contribution in [2.75, 3.05) is 18.8 Å². The summed E-state index contributed by atoms with van der Waals surface area (Å²) in [4.78, 5) is 34.6. The van der Waals surface area contributed by atoms with Crippen molar-refractivity contribution in [1.82, 2.24) is 24.9 Å². The number of nitrogens with zero attached hydrogens (tertiary/aromatic N) is 2. The maximum absolute atomic E-state index is 12.5. The quantitative estimate of drug-likeness (QED) is 0.392. The summed E-state index contributed by atoms with van der Waals surface area (Å²) in [5, 5.41) is 2.90. The number of aromatic nitrogens is 2. The first kappa shape index (κ1) is 21.9. The van der Waals surface area contributed by atoms with Gasteiger partial charge in [-0.05, 0) is 41.6 Å². The molecule has 1 aliphatic heterocycles. The molecule has 166 valence electrons. The number of anilines is 1. The lowest BCUT2D eigenvalue weighted by Crippen LogP contribution is -2.48. The third kappa shape index (κ3) is 5.89. The van der Waals surface area contributed by atoms with Crippen molar-refractivity contribution in [1.29, 1.82) is 0 Å². The lowest BCUT2D eigenvalue weighted by atomic mass is 10.1. The number of benzene rings is 2. The van der Waals surface area contributed by atoms with Crippen molar-refractivity contribution in [3.8, 4) is 11.3 Å². The summed E-state index contributed by atoms with van der Waals surface area (Å²) in [5.74, 6) is 0.218. The van der Waals surface area contributed by atoms with Crippen LogP contribution >= 0.6 is 11.9 Å². The number of piperidine rings is 1. The topological polar surface area (TPSA) is 116 Å². The van der Waals surface area contributed by atoms with Crippen LogP contribution in [0.1, 0.15) is 18.4 Å². The number of aromatic amines is 1. The van der Waals surface area contributed by atoms with E-state index in [0.29, 0.717) is 25.5 Å². The first-order valence-corrected chi connectivity index (χ1v) is 11.3.